The van der Waals surface area contributed by atoms with E-state index in [1.165, 1.54) is 0 Å². The van der Waals surface area contributed by atoms with Crippen LogP contribution >= 0.6 is 0 Å². The molecule has 0 saturated carbocycles. The van der Waals surface area contributed by atoms with E-state index >= 15 is 0 Å². The Kier molecular flexibility index (Phi) is 4.49. The summed E-state index contributed by atoms with van der Waals surface area (Å²) in [5.74, 6) is 0.527. The Morgan fingerprint density at radius 2 is 2.53 bits per heavy atom. The summed E-state index contributed by atoms with van der Waals surface area (Å²) in [4.78, 5) is 15.2. The fraction of sp³-hybridized carbons (Fsp3) is 0.444. The van der Waals surface area contributed by atoms with Crippen molar-refractivity contribution in [3.05, 3.63) is 24.8 Å². The molecule has 6 nitrogen and oxygen atoms in total. The molecule has 0 atom stereocenters. The summed E-state index contributed by atoms with van der Waals surface area (Å²) in [6, 6.07) is 0. The quantitative estimate of drug-likeness (QED) is 0.475. The first-order valence-corrected chi connectivity index (χ1v) is 4.65. The van der Waals surface area contributed by atoms with Gasteiger partial charge in [0.05, 0.1) is 13.1 Å². The van der Waals surface area contributed by atoms with Gasteiger partial charge in [0.25, 0.3) is 0 Å². The second-order valence-electron chi connectivity index (χ2n) is 3.03. The molecule has 82 valence electrons. The maximum Gasteiger partial charge on any atom is 0.234 e. The summed E-state index contributed by atoms with van der Waals surface area (Å²) in [5, 5.41) is 9.63. The van der Waals surface area contributed by atoms with E-state index in [2.05, 4.69) is 27.3 Å². The Bertz CT molecular complexity index is 333. The van der Waals surface area contributed by atoms with Gasteiger partial charge >= 0.3 is 0 Å². The van der Waals surface area contributed by atoms with E-state index in [0.29, 0.717) is 18.9 Å². The fourth-order valence-electron chi connectivity index (χ4n) is 0.993. The lowest BCUT2D eigenvalue weighted by molar-refractivity contribution is -0.120. The van der Waals surface area contributed by atoms with Gasteiger partial charge in [0, 0.05) is 13.6 Å². The van der Waals surface area contributed by atoms with Gasteiger partial charge in [0.1, 0.15) is 6.33 Å². The third-order valence-electron chi connectivity index (χ3n) is 1.66. The van der Waals surface area contributed by atoms with Gasteiger partial charge in [-0.1, -0.05) is 6.08 Å². The average molecular weight is 209 g/mol. The van der Waals surface area contributed by atoms with Crippen LogP contribution in [0.3, 0.4) is 0 Å². The van der Waals surface area contributed by atoms with E-state index in [-0.39, 0.29) is 12.5 Å². The zero-order chi connectivity index (χ0) is 11.1. The van der Waals surface area contributed by atoms with Crippen molar-refractivity contribution in [3.63, 3.8) is 0 Å². The molecule has 0 aliphatic heterocycles. The molecule has 0 radical (unpaired) electrons. The zero-order valence-corrected chi connectivity index (χ0v) is 8.73. The smallest absolute Gasteiger partial charge is 0.234 e. The highest BCUT2D eigenvalue weighted by Crippen LogP contribution is 1.85. The Labute approximate surface area is 88.4 Å². The van der Waals surface area contributed by atoms with Crippen LogP contribution in [0.2, 0.25) is 0 Å². The Morgan fingerprint density at radius 1 is 1.73 bits per heavy atom. The van der Waals surface area contributed by atoms with Crippen molar-refractivity contribution >= 4 is 5.91 Å². The standard InChI is InChI=1S/C9H15N5O/c1-3-4-10-6-9(15)11-5-8-12-7-14(2)13-8/h3,7,10H,1,4-6H2,2H3,(H,11,15). The predicted octanol–water partition coefficient (Wildman–Crippen LogP) is -0.793. The van der Waals surface area contributed by atoms with Crippen LogP contribution in [0.15, 0.2) is 19.0 Å². The van der Waals surface area contributed by atoms with Crippen molar-refractivity contribution in [2.45, 2.75) is 6.54 Å². The van der Waals surface area contributed by atoms with E-state index in [1.54, 1.807) is 24.1 Å². The van der Waals surface area contributed by atoms with E-state index in [0.717, 1.165) is 0 Å². The number of rotatable bonds is 6. The minimum atomic E-state index is -0.0793. The molecule has 1 aromatic heterocycles. The molecule has 0 unspecified atom stereocenters. The van der Waals surface area contributed by atoms with Crippen molar-refractivity contribution in [1.29, 1.82) is 0 Å². The Morgan fingerprint density at radius 3 is 3.13 bits per heavy atom. The van der Waals surface area contributed by atoms with Gasteiger partial charge < -0.3 is 10.6 Å². The largest absolute Gasteiger partial charge is 0.348 e. The molecule has 15 heavy (non-hydrogen) atoms. The second-order valence-corrected chi connectivity index (χ2v) is 3.03. The average Bonchev–Trinajstić information content (AvgIpc) is 2.62. The van der Waals surface area contributed by atoms with Crippen LogP contribution < -0.4 is 10.6 Å². The van der Waals surface area contributed by atoms with Gasteiger partial charge in [-0.3, -0.25) is 9.48 Å². The van der Waals surface area contributed by atoms with Crippen molar-refractivity contribution in [2.24, 2.45) is 7.05 Å². The maximum atomic E-state index is 11.2. The molecule has 1 rings (SSSR count). The number of hydrogen-bond acceptors (Lipinski definition) is 4. The van der Waals surface area contributed by atoms with E-state index in [4.69, 9.17) is 0 Å². The molecule has 1 amide bonds. The topological polar surface area (TPSA) is 71.8 Å². The minimum Gasteiger partial charge on any atom is -0.348 e. The molecule has 6 heteroatoms. The number of aromatic nitrogens is 3. The Hall–Kier alpha value is -1.69. The third kappa shape index (κ3) is 4.37. The number of aryl methyl sites for hydroxylation is 1. The second kappa shape index (κ2) is 5.92. The number of hydrogen-bond donors (Lipinski definition) is 2. The molecule has 1 aromatic rings. The molecule has 1 heterocycles. The van der Waals surface area contributed by atoms with Crippen LogP contribution in [0, 0.1) is 0 Å². The van der Waals surface area contributed by atoms with E-state index < -0.39 is 0 Å². The molecule has 0 aliphatic rings. The molecule has 0 spiro atoms. The monoisotopic (exact) mass is 209 g/mol. The van der Waals surface area contributed by atoms with Crippen molar-refractivity contribution in [2.75, 3.05) is 13.1 Å². The predicted molar refractivity (Wildman–Crippen MR) is 55.9 cm³/mol. The summed E-state index contributed by atoms with van der Waals surface area (Å²) in [6.45, 7) is 4.79. The number of amides is 1. The highest BCUT2D eigenvalue weighted by atomic mass is 16.1. The lowest BCUT2D eigenvalue weighted by Crippen LogP contribution is -2.33. The van der Waals surface area contributed by atoms with Crippen molar-refractivity contribution < 1.29 is 4.79 Å². The summed E-state index contributed by atoms with van der Waals surface area (Å²) in [7, 11) is 1.78. The normalized spacial score (nSPS) is 9.93. The van der Waals surface area contributed by atoms with Crippen LogP contribution in [-0.4, -0.2) is 33.8 Å². The molecule has 0 aromatic carbocycles. The first-order valence-electron chi connectivity index (χ1n) is 4.65. The van der Waals surface area contributed by atoms with E-state index in [9.17, 15) is 4.79 Å². The van der Waals surface area contributed by atoms with Gasteiger partial charge in [-0.25, -0.2) is 4.98 Å². The number of carbonyl (C=O) groups excluding carboxylic acids is 1. The first-order chi connectivity index (χ1) is 7.22. The maximum absolute atomic E-state index is 11.2. The fourth-order valence-corrected chi connectivity index (χ4v) is 0.993. The number of nitrogens with one attached hydrogen (secondary N) is 2. The molecular formula is C9H15N5O. The zero-order valence-electron chi connectivity index (χ0n) is 8.73. The molecular weight excluding hydrogens is 194 g/mol. The molecule has 2 N–H and O–H groups in total. The third-order valence-corrected chi connectivity index (χ3v) is 1.66. The van der Waals surface area contributed by atoms with Crippen LogP contribution in [0.4, 0.5) is 0 Å². The molecule has 0 fully saturated rings. The number of nitrogens with zero attached hydrogens (tertiary/aromatic N) is 3. The molecule has 0 saturated heterocycles. The van der Waals surface area contributed by atoms with Crippen LogP contribution in [-0.2, 0) is 18.4 Å². The summed E-state index contributed by atoms with van der Waals surface area (Å²) < 4.78 is 1.59. The van der Waals surface area contributed by atoms with Gasteiger partial charge in [-0.05, 0) is 0 Å². The molecule has 0 aliphatic carbocycles. The summed E-state index contributed by atoms with van der Waals surface area (Å²) in [6.07, 6.45) is 3.30. The highest BCUT2D eigenvalue weighted by molar-refractivity contribution is 5.77. The van der Waals surface area contributed by atoms with Crippen LogP contribution in [0.1, 0.15) is 5.82 Å². The summed E-state index contributed by atoms with van der Waals surface area (Å²) in [5.41, 5.74) is 0. The van der Waals surface area contributed by atoms with Crippen molar-refractivity contribution in [1.82, 2.24) is 25.4 Å². The SMILES string of the molecule is C=CCNCC(=O)NCc1ncn(C)n1. The van der Waals surface area contributed by atoms with Gasteiger partial charge in [0.2, 0.25) is 5.91 Å². The van der Waals surface area contributed by atoms with E-state index in [1.807, 2.05) is 0 Å². The lowest BCUT2D eigenvalue weighted by Gasteiger charge is -2.02. The van der Waals surface area contributed by atoms with Crippen LogP contribution in [0.25, 0.3) is 0 Å². The minimum absolute atomic E-state index is 0.0793. The number of carbonyl (C=O) groups is 1. The first kappa shape index (κ1) is 11.4. The Balaban J connectivity index is 2.19. The highest BCUT2D eigenvalue weighted by Gasteiger charge is 2.02. The van der Waals surface area contributed by atoms with Crippen molar-refractivity contribution in [3.8, 4) is 0 Å². The van der Waals surface area contributed by atoms with Gasteiger partial charge in [0.15, 0.2) is 5.82 Å². The van der Waals surface area contributed by atoms with Gasteiger partial charge in [-0.15, -0.1) is 6.58 Å². The van der Waals surface area contributed by atoms with Crippen LogP contribution in [0.5, 0.6) is 0 Å². The van der Waals surface area contributed by atoms with Gasteiger partial charge in [-0.2, -0.15) is 5.10 Å². The molecule has 0 bridgehead atoms. The lowest BCUT2D eigenvalue weighted by atomic mass is 10.5. The summed E-state index contributed by atoms with van der Waals surface area (Å²) >= 11 is 0.